The summed E-state index contributed by atoms with van der Waals surface area (Å²) in [6, 6.07) is 6.09. The molecule has 0 bridgehead atoms. The first kappa shape index (κ1) is 22.3. The molecule has 5 rings (SSSR count). The number of amides is 1. The lowest BCUT2D eigenvalue weighted by molar-refractivity contribution is -0.126. The molecule has 0 N–H and O–H groups in total. The summed E-state index contributed by atoms with van der Waals surface area (Å²) in [4.78, 5) is 30.1. The van der Waals surface area contributed by atoms with Crippen molar-refractivity contribution in [3.63, 3.8) is 0 Å². The van der Waals surface area contributed by atoms with Gasteiger partial charge in [-0.15, -0.1) is 11.3 Å². The minimum absolute atomic E-state index is 0.0594. The van der Waals surface area contributed by atoms with E-state index in [0.29, 0.717) is 27.0 Å². The van der Waals surface area contributed by atoms with Crippen molar-refractivity contribution >= 4 is 51.0 Å². The van der Waals surface area contributed by atoms with Crippen LogP contribution < -0.4 is 24.4 Å². The number of carbonyl (C=O) groups excluding carboxylic acids is 1. The van der Waals surface area contributed by atoms with Gasteiger partial charge in [-0.25, -0.2) is 5.01 Å². The minimum Gasteiger partial charge on any atom is -0.497 e. The number of thioether (sulfide) groups is 1. The van der Waals surface area contributed by atoms with Gasteiger partial charge in [0, 0.05) is 24.6 Å². The first-order valence-corrected chi connectivity index (χ1v) is 13.0. The van der Waals surface area contributed by atoms with Crippen LogP contribution in [0, 0.1) is 0 Å². The molecule has 9 heteroatoms. The molecule has 2 aromatic rings. The van der Waals surface area contributed by atoms with Crippen molar-refractivity contribution in [1.82, 2.24) is 9.58 Å². The molecule has 33 heavy (non-hydrogen) atoms. The Morgan fingerprint density at radius 1 is 1.18 bits per heavy atom. The number of ether oxygens (including phenoxy) is 1. The van der Waals surface area contributed by atoms with Crippen molar-refractivity contribution in [1.29, 1.82) is 0 Å². The van der Waals surface area contributed by atoms with Crippen LogP contribution in [0.1, 0.15) is 46.0 Å². The summed E-state index contributed by atoms with van der Waals surface area (Å²) < 4.78 is 8.46. The van der Waals surface area contributed by atoms with Crippen molar-refractivity contribution < 1.29 is 9.53 Å². The molecule has 0 radical (unpaired) electrons. The number of hydrogen-bond donors (Lipinski definition) is 0. The number of thiazole rings is 1. The SMILES string of the molecule is CCn1c(=C2C(=O)N(C3CCCCC3)N=C2C)sc(=C2Sc3ccc(OC)cc3N2C)c1=O. The molecule has 7 nitrogen and oxygen atoms in total. The third-order valence-corrected chi connectivity index (χ3v) is 9.16. The molecule has 1 aliphatic carbocycles. The largest absolute Gasteiger partial charge is 0.497 e. The van der Waals surface area contributed by atoms with Crippen molar-refractivity contribution in [3.8, 4) is 5.75 Å². The van der Waals surface area contributed by atoms with Gasteiger partial charge in [-0.3, -0.25) is 14.2 Å². The van der Waals surface area contributed by atoms with Crippen molar-refractivity contribution in [2.75, 3.05) is 19.1 Å². The van der Waals surface area contributed by atoms with E-state index in [1.165, 1.54) is 17.8 Å². The van der Waals surface area contributed by atoms with E-state index in [4.69, 9.17) is 4.74 Å². The maximum Gasteiger partial charge on any atom is 0.279 e. The summed E-state index contributed by atoms with van der Waals surface area (Å²) in [6.07, 6.45) is 5.47. The van der Waals surface area contributed by atoms with Gasteiger partial charge in [-0.2, -0.15) is 5.10 Å². The van der Waals surface area contributed by atoms with Gasteiger partial charge in [-0.1, -0.05) is 31.0 Å². The number of hydrazone groups is 1. The maximum atomic E-state index is 13.5. The van der Waals surface area contributed by atoms with Gasteiger partial charge in [0.1, 0.15) is 20.0 Å². The summed E-state index contributed by atoms with van der Waals surface area (Å²) in [7, 11) is 3.62. The highest BCUT2D eigenvalue weighted by molar-refractivity contribution is 8.08. The van der Waals surface area contributed by atoms with Gasteiger partial charge in [-0.05, 0) is 38.8 Å². The van der Waals surface area contributed by atoms with E-state index in [1.54, 1.807) is 28.4 Å². The van der Waals surface area contributed by atoms with Crippen molar-refractivity contribution in [3.05, 3.63) is 37.7 Å². The molecule has 1 fully saturated rings. The normalized spacial score (nSPS) is 22.2. The van der Waals surface area contributed by atoms with Crippen LogP contribution in [0.15, 0.2) is 33.0 Å². The Hall–Kier alpha value is -2.52. The first-order valence-electron chi connectivity index (χ1n) is 11.4. The standard InChI is InChI=1S/C24H28N4O3S2/c1-5-27-22(30)20(24-26(3)17-13-16(31-4)11-12-18(17)32-24)33-23(27)19-14(2)25-28(21(19)29)15-9-7-6-8-10-15/h11-13,15H,5-10H2,1-4H3. The summed E-state index contributed by atoms with van der Waals surface area (Å²) in [6.45, 7) is 4.33. The zero-order chi connectivity index (χ0) is 23.3. The van der Waals surface area contributed by atoms with Gasteiger partial charge < -0.3 is 9.64 Å². The van der Waals surface area contributed by atoms with Crippen molar-refractivity contribution in [2.24, 2.45) is 5.10 Å². The second kappa shape index (κ2) is 8.68. The van der Waals surface area contributed by atoms with Crippen LogP contribution >= 0.6 is 23.1 Å². The summed E-state index contributed by atoms with van der Waals surface area (Å²) in [5.41, 5.74) is 2.22. The predicted octanol–water partition coefficient (Wildman–Crippen LogP) is 2.95. The second-order valence-corrected chi connectivity index (χ2v) is 10.6. The van der Waals surface area contributed by atoms with E-state index in [-0.39, 0.29) is 17.5 Å². The number of hydrogen-bond acceptors (Lipinski definition) is 7. The van der Waals surface area contributed by atoms with E-state index >= 15 is 0 Å². The van der Waals surface area contributed by atoms with Gasteiger partial charge in [0.15, 0.2) is 0 Å². The van der Waals surface area contributed by atoms with E-state index < -0.39 is 0 Å². The predicted molar refractivity (Wildman–Crippen MR) is 134 cm³/mol. The molecular weight excluding hydrogens is 456 g/mol. The lowest BCUT2D eigenvalue weighted by atomic mass is 9.95. The summed E-state index contributed by atoms with van der Waals surface area (Å²) in [5.74, 6) is 0.710. The molecule has 0 saturated heterocycles. The Morgan fingerprint density at radius 3 is 2.64 bits per heavy atom. The van der Waals surface area contributed by atoms with E-state index in [0.717, 1.165) is 47.0 Å². The Bertz CT molecular complexity index is 1330. The highest BCUT2D eigenvalue weighted by Gasteiger charge is 2.35. The quantitative estimate of drug-likeness (QED) is 0.670. The van der Waals surface area contributed by atoms with E-state index in [9.17, 15) is 9.59 Å². The number of fused-ring (bicyclic) bond motifs is 1. The third-order valence-electron chi connectivity index (χ3n) is 6.61. The van der Waals surface area contributed by atoms with Gasteiger partial charge in [0.25, 0.3) is 11.5 Å². The smallest absolute Gasteiger partial charge is 0.279 e. The van der Waals surface area contributed by atoms with Crippen LogP contribution in [0.4, 0.5) is 5.69 Å². The van der Waals surface area contributed by atoms with Crippen LogP contribution in [0.2, 0.25) is 0 Å². The molecule has 3 aliphatic rings. The van der Waals surface area contributed by atoms with Gasteiger partial charge in [0.05, 0.1) is 30.1 Å². The zero-order valence-electron chi connectivity index (χ0n) is 19.4. The Labute approximate surface area is 201 Å². The monoisotopic (exact) mass is 484 g/mol. The fourth-order valence-electron chi connectivity index (χ4n) is 4.82. The van der Waals surface area contributed by atoms with Gasteiger partial charge >= 0.3 is 0 Å². The number of rotatable bonds is 3. The fraction of sp³-hybridized carbons (Fsp3) is 0.458. The molecule has 1 aromatic heterocycles. The molecule has 1 saturated carbocycles. The molecule has 0 unspecified atom stereocenters. The lowest BCUT2D eigenvalue weighted by Crippen LogP contribution is -2.37. The maximum absolute atomic E-state index is 13.5. The van der Waals surface area contributed by atoms with Crippen LogP contribution in [-0.2, 0) is 11.3 Å². The van der Waals surface area contributed by atoms with Crippen LogP contribution in [-0.4, -0.2) is 41.4 Å². The number of aromatic nitrogens is 1. The van der Waals surface area contributed by atoms with Crippen molar-refractivity contribution in [2.45, 2.75) is 63.4 Å². The number of anilines is 1. The fourth-order valence-corrected chi connectivity index (χ4v) is 7.40. The number of carbonyl (C=O) groups is 1. The van der Waals surface area contributed by atoms with Crippen LogP contribution in [0.5, 0.6) is 5.75 Å². The summed E-state index contributed by atoms with van der Waals surface area (Å²) in [5, 5.41) is 7.21. The lowest BCUT2D eigenvalue weighted by Gasteiger charge is -2.27. The molecule has 0 spiro atoms. The Kier molecular flexibility index (Phi) is 5.86. The second-order valence-electron chi connectivity index (χ2n) is 8.59. The zero-order valence-corrected chi connectivity index (χ0v) is 21.0. The number of methoxy groups -OCH3 is 1. The molecule has 0 atom stereocenters. The highest BCUT2D eigenvalue weighted by Crippen LogP contribution is 2.46. The molecule has 1 amide bonds. The molecular formula is C24H28N4O3S2. The minimum atomic E-state index is -0.0696. The van der Waals surface area contributed by atoms with E-state index in [2.05, 4.69) is 5.10 Å². The highest BCUT2D eigenvalue weighted by atomic mass is 32.2. The number of nitrogens with zero attached hydrogens (tertiary/aromatic N) is 4. The first-order chi connectivity index (χ1) is 15.9. The van der Waals surface area contributed by atoms with Crippen LogP contribution in [0.25, 0.3) is 10.6 Å². The molecule has 3 heterocycles. The average molecular weight is 485 g/mol. The van der Waals surface area contributed by atoms with E-state index in [1.807, 2.05) is 44.0 Å². The molecule has 2 aliphatic heterocycles. The Balaban J connectivity index is 1.65. The number of benzene rings is 1. The topological polar surface area (TPSA) is 67.1 Å². The summed E-state index contributed by atoms with van der Waals surface area (Å²) >= 11 is 2.98. The van der Waals surface area contributed by atoms with Crippen LogP contribution in [0.3, 0.4) is 0 Å². The molecule has 174 valence electrons. The van der Waals surface area contributed by atoms with Gasteiger partial charge in [0.2, 0.25) is 0 Å². The average Bonchev–Trinajstić information content (AvgIpc) is 3.44. The molecule has 1 aromatic carbocycles. The third kappa shape index (κ3) is 3.61. The Morgan fingerprint density at radius 2 is 1.94 bits per heavy atom.